The van der Waals surface area contributed by atoms with Gasteiger partial charge in [-0.1, -0.05) is 23.7 Å². The standard InChI is InChI=1S/C23H22ClF3N2O2.ClH.H2S/c24-18-4-1-14(11-20(18)27)13-29-9-6-15(7-10-29)23(8-5-21(30)28-22(23)31)17-3-2-16(25)12-19(17)26;;/h1-4,11-12,15H,5-10,13H2,(H,28,30,31);1H;1H2. The van der Waals surface area contributed by atoms with E-state index < -0.39 is 28.8 Å². The highest BCUT2D eigenvalue weighted by Gasteiger charge is 2.51. The first-order valence-electron chi connectivity index (χ1n) is 10.3. The molecule has 0 aromatic heterocycles. The molecule has 33 heavy (non-hydrogen) atoms. The maximum Gasteiger partial charge on any atom is 0.237 e. The van der Waals surface area contributed by atoms with Crippen molar-refractivity contribution < 1.29 is 22.8 Å². The predicted octanol–water partition coefficient (Wildman–Crippen LogP) is 4.88. The number of carbonyl (C=O) groups excluding carboxylic acids is 2. The SMILES string of the molecule is Cl.O=C1CCC(c2ccc(F)cc2F)(C2CCN(Cc3ccc(Cl)c(F)c3)CC2)C(=O)N1.S. The van der Waals surface area contributed by atoms with Crippen molar-refractivity contribution in [2.45, 2.75) is 37.6 Å². The Hall–Kier alpha value is -1.74. The highest BCUT2D eigenvalue weighted by atomic mass is 35.5. The van der Waals surface area contributed by atoms with Gasteiger partial charge in [0, 0.05) is 24.6 Å². The smallest absolute Gasteiger partial charge is 0.237 e. The number of piperidine rings is 2. The Balaban J connectivity index is 0.00000193. The van der Waals surface area contributed by atoms with Crippen LogP contribution >= 0.6 is 37.5 Å². The Kier molecular flexibility index (Phi) is 9.27. The molecule has 0 radical (unpaired) electrons. The molecule has 0 spiro atoms. The molecule has 180 valence electrons. The summed E-state index contributed by atoms with van der Waals surface area (Å²) in [6, 6.07) is 7.95. The minimum absolute atomic E-state index is 0. The molecule has 2 saturated heterocycles. The number of carbonyl (C=O) groups is 2. The molecule has 2 heterocycles. The zero-order valence-electron chi connectivity index (χ0n) is 17.7. The average Bonchev–Trinajstić information content (AvgIpc) is 2.72. The molecule has 1 atom stereocenters. The lowest BCUT2D eigenvalue weighted by Crippen LogP contribution is -2.57. The lowest BCUT2D eigenvalue weighted by Gasteiger charge is -2.45. The van der Waals surface area contributed by atoms with E-state index in [2.05, 4.69) is 10.2 Å². The summed E-state index contributed by atoms with van der Waals surface area (Å²) in [5.41, 5.74) is -0.290. The van der Waals surface area contributed by atoms with Crippen LogP contribution in [0.4, 0.5) is 13.2 Å². The molecule has 2 fully saturated rings. The second kappa shape index (κ2) is 11.1. The molecule has 2 amide bonds. The number of nitrogens with zero attached hydrogens (tertiary/aromatic N) is 1. The summed E-state index contributed by atoms with van der Waals surface area (Å²) in [5, 5.41) is 2.44. The van der Waals surface area contributed by atoms with E-state index >= 15 is 0 Å². The van der Waals surface area contributed by atoms with Crippen LogP contribution in [0.3, 0.4) is 0 Å². The monoisotopic (exact) mass is 520 g/mol. The van der Waals surface area contributed by atoms with E-state index in [0.29, 0.717) is 32.5 Å². The Morgan fingerprint density at radius 1 is 1.03 bits per heavy atom. The Morgan fingerprint density at radius 2 is 1.73 bits per heavy atom. The highest BCUT2D eigenvalue weighted by Crippen LogP contribution is 2.45. The number of imide groups is 1. The lowest BCUT2D eigenvalue weighted by atomic mass is 9.62. The van der Waals surface area contributed by atoms with Gasteiger partial charge in [-0.2, -0.15) is 13.5 Å². The quantitative estimate of drug-likeness (QED) is 0.584. The molecule has 0 saturated carbocycles. The topological polar surface area (TPSA) is 49.4 Å². The summed E-state index contributed by atoms with van der Waals surface area (Å²) in [5.74, 6) is -3.07. The van der Waals surface area contributed by atoms with Gasteiger partial charge in [-0.3, -0.25) is 19.8 Å². The van der Waals surface area contributed by atoms with Gasteiger partial charge in [0.2, 0.25) is 11.8 Å². The van der Waals surface area contributed by atoms with Gasteiger partial charge in [0.15, 0.2) is 0 Å². The van der Waals surface area contributed by atoms with Gasteiger partial charge < -0.3 is 0 Å². The number of amides is 2. The zero-order chi connectivity index (χ0) is 22.2. The maximum atomic E-state index is 14.8. The fourth-order valence-electron chi connectivity index (χ4n) is 4.92. The minimum Gasteiger partial charge on any atom is -0.299 e. The normalized spacial score (nSPS) is 21.7. The molecule has 4 rings (SSSR count). The van der Waals surface area contributed by atoms with Crippen LogP contribution in [0.1, 0.15) is 36.8 Å². The number of hydrogen-bond donors (Lipinski definition) is 1. The molecule has 1 N–H and O–H groups in total. The number of likely N-dealkylation sites (tertiary alicyclic amines) is 1. The van der Waals surface area contributed by atoms with Gasteiger partial charge >= 0.3 is 0 Å². The van der Waals surface area contributed by atoms with Crippen LogP contribution in [0.2, 0.25) is 5.02 Å². The van der Waals surface area contributed by atoms with Gasteiger partial charge in [0.1, 0.15) is 17.5 Å². The number of halogens is 5. The van der Waals surface area contributed by atoms with Crippen LogP contribution in [0.25, 0.3) is 0 Å². The van der Waals surface area contributed by atoms with Crippen LogP contribution in [-0.4, -0.2) is 29.8 Å². The molecule has 10 heteroatoms. The van der Waals surface area contributed by atoms with E-state index in [1.807, 2.05) is 0 Å². The molecule has 1 unspecified atom stereocenters. The van der Waals surface area contributed by atoms with Crippen molar-refractivity contribution in [2.24, 2.45) is 5.92 Å². The summed E-state index contributed by atoms with van der Waals surface area (Å²) < 4.78 is 42.0. The third kappa shape index (κ3) is 5.50. The van der Waals surface area contributed by atoms with E-state index in [1.165, 1.54) is 18.2 Å². The third-order valence-electron chi connectivity index (χ3n) is 6.49. The van der Waals surface area contributed by atoms with Crippen molar-refractivity contribution in [1.29, 1.82) is 0 Å². The lowest BCUT2D eigenvalue weighted by molar-refractivity contribution is -0.140. The first kappa shape index (κ1) is 27.5. The summed E-state index contributed by atoms with van der Waals surface area (Å²) in [6.45, 7) is 1.78. The van der Waals surface area contributed by atoms with Crippen molar-refractivity contribution in [3.63, 3.8) is 0 Å². The fraction of sp³-hybridized carbons (Fsp3) is 0.391. The highest BCUT2D eigenvalue weighted by molar-refractivity contribution is 7.59. The summed E-state index contributed by atoms with van der Waals surface area (Å²) in [6.07, 6.45) is 1.48. The van der Waals surface area contributed by atoms with Crippen LogP contribution in [0, 0.1) is 23.4 Å². The summed E-state index contributed by atoms with van der Waals surface area (Å²) in [4.78, 5) is 27.0. The zero-order valence-corrected chi connectivity index (χ0v) is 20.2. The third-order valence-corrected chi connectivity index (χ3v) is 6.80. The number of benzene rings is 2. The maximum absolute atomic E-state index is 14.8. The predicted molar refractivity (Wildman–Crippen MR) is 127 cm³/mol. The first-order chi connectivity index (χ1) is 14.8. The summed E-state index contributed by atoms with van der Waals surface area (Å²) in [7, 11) is 0. The molecular weight excluding hydrogens is 496 g/mol. The van der Waals surface area contributed by atoms with Crippen molar-refractivity contribution in [2.75, 3.05) is 13.1 Å². The van der Waals surface area contributed by atoms with Crippen molar-refractivity contribution in [1.82, 2.24) is 10.2 Å². The molecule has 2 aromatic rings. The Morgan fingerprint density at radius 3 is 2.33 bits per heavy atom. The molecule has 2 aliphatic heterocycles. The Labute approximate surface area is 208 Å². The fourth-order valence-corrected chi connectivity index (χ4v) is 5.04. The first-order valence-corrected chi connectivity index (χ1v) is 10.6. The van der Waals surface area contributed by atoms with Gasteiger partial charge in [0.25, 0.3) is 0 Å². The molecule has 4 nitrogen and oxygen atoms in total. The molecule has 0 aliphatic carbocycles. The number of rotatable bonds is 4. The molecule has 0 bridgehead atoms. The molecular formula is C23H25Cl2F3N2O2S. The van der Waals surface area contributed by atoms with E-state index in [0.717, 1.165) is 17.7 Å². The van der Waals surface area contributed by atoms with Crippen molar-refractivity contribution >= 4 is 49.3 Å². The van der Waals surface area contributed by atoms with Crippen LogP contribution in [-0.2, 0) is 21.5 Å². The van der Waals surface area contributed by atoms with E-state index in [1.54, 1.807) is 6.07 Å². The minimum atomic E-state index is -1.22. The number of nitrogens with one attached hydrogen (secondary N) is 1. The van der Waals surface area contributed by atoms with E-state index in [9.17, 15) is 22.8 Å². The van der Waals surface area contributed by atoms with Gasteiger partial charge in [-0.15, -0.1) is 12.4 Å². The molecule has 2 aromatic carbocycles. The summed E-state index contributed by atoms with van der Waals surface area (Å²) >= 11 is 5.74. The average molecular weight is 521 g/mol. The van der Waals surface area contributed by atoms with E-state index in [4.69, 9.17) is 11.6 Å². The second-order valence-electron chi connectivity index (χ2n) is 8.27. The van der Waals surface area contributed by atoms with Gasteiger partial charge in [-0.25, -0.2) is 13.2 Å². The second-order valence-corrected chi connectivity index (χ2v) is 8.68. The number of hydrogen-bond acceptors (Lipinski definition) is 3. The molecule has 2 aliphatic rings. The Bertz CT molecular complexity index is 1030. The van der Waals surface area contributed by atoms with Crippen molar-refractivity contribution in [3.8, 4) is 0 Å². The van der Waals surface area contributed by atoms with Crippen LogP contribution in [0.5, 0.6) is 0 Å². The van der Waals surface area contributed by atoms with Gasteiger partial charge in [0.05, 0.1) is 10.4 Å². The van der Waals surface area contributed by atoms with E-state index in [-0.39, 0.29) is 61.2 Å². The largest absolute Gasteiger partial charge is 0.299 e. The van der Waals surface area contributed by atoms with Crippen LogP contribution < -0.4 is 5.32 Å². The van der Waals surface area contributed by atoms with Crippen LogP contribution in [0.15, 0.2) is 36.4 Å². The van der Waals surface area contributed by atoms with Gasteiger partial charge in [-0.05, 0) is 62.0 Å². The van der Waals surface area contributed by atoms with Crippen molar-refractivity contribution in [3.05, 3.63) is 70.0 Å².